The first-order chi connectivity index (χ1) is 13.3. The van der Waals surface area contributed by atoms with Crippen LogP contribution in [-0.2, 0) is 15.0 Å². The molecule has 148 valence electrons. The van der Waals surface area contributed by atoms with Crippen molar-refractivity contribution in [2.45, 2.75) is 38.5 Å². The predicted octanol–water partition coefficient (Wildman–Crippen LogP) is 4.52. The molecule has 2 aromatic rings. The molecule has 1 aliphatic rings. The van der Waals surface area contributed by atoms with E-state index in [-0.39, 0.29) is 13.1 Å². The first-order valence-corrected chi connectivity index (χ1v) is 9.42. The molecule has 1 atom stereocenters. The van der Waals surface area contributed by atoms with Crippen molar-refractivity contribution in [3.05, 3.63) is 60.2 Å². The number of carbonyl (C=O) groups is 2. The van der Waals surface area contributed by atoms with Crippen LogP contribution in [0, 0.1) is 0 Å². The van der Waals surface area contributed by atoms with Crippen molar-refractivity contribution in [2.75, 3.05) is 18.0 Å². The topological polar surface area (TPSA) is 40.6 Å². The monoisotopic (exact) mass is 386 g/mol. The Labute approximate surface area is 163 Å². The third-order valence-electron chi connectivity index (χ3n) is 5.37. The summed E-state index contributed by atoms with van der Waals surface area (Å²) < 4.78 is 29.9. The fourth-order valence-corrected chi connectivity index (χ4v) is 3.87. The summed E-state index contributed by atoms with van der Waals surface area (Å²) in [6, 6.07) is 15.9. The highest BCUT2D eigenvalue weighted by molar-refractivity contribution is 6.13. The molecule has 0 aromatic heterocycles. The molecule has 4 nitrogen and oxygen atoms in total. The number of amides is 2. The number of para-hydroxylation sites is 2. The zero-order valence-electron chi connectivity index (χ0n) is 16.3. The van der Waals surface area contributed by atoms with Gasteiger partial charge in [-0.15, -0.1) is 0 Å². The summed E-state index contributed by atoms with van der Waals surface area (Å²) in [5, 5.41) is 0. The number of hydrogen-bond acceptors (Lipinski definition) is 2. The minimum absolute atomic E-state index is 0.197. The molecule has 28 heavy (non-hydrogen) atoms. The number of nitrogens with zero attached hydrogens (tertiary/aromatic N) is 2. The molecule has 0 bridgehead atoms. The van der Waals surface area contributed by atoms with Gasteiger partial charge in [0.1, 0.15) is 0 Å². The molecule has 0 saturated carbocycles. The summed E-state index contributed by atoms with van der Waals surface area (Å²) in [5.74, 6) is -5.33. The van der Waals surface area contributed by atoms with E-state index in [0.717, 1.165) is 4.90 Å². The lowest BCUT2D eigenvalue weighted by molar-refractivity contribution is -0.160. The number of alkyl halides is 2. The van der Waals surface area contributed by atoms with Gasteiger partial charge in [0.15, 0.2) is 0 Å². The molecule has 1 aliphatic heterocycles. The number of anilines is 2. The van der Waals surface area contributed by atoms with Crippen LogP contribution in [0.5, 0.6) is 0 Å². The van der Waals surface area contributed by atoms with Crippen LogP contribution in [0.15, 0.2) is 54.6 Å². The van der Waals surface area contributed by atoms with Crippen molar-refractivity contribution in [1.82, 2.24) is 4.90 Å². The number of carbonyl (C=O) groups excluding carboxylic acids is 2. The van der Waals surface area contributed by atoms with Crippen molar-refractivity contribution < 1.29 is 18.4 Å². The number of fused-ring (bicyclic) bond motifs is 1. The van der Waals surface area contributed by atoms with Gasteiger partial charge >= 0.3 is 5.92 Å². The number of halogens is 2. The van der Waals surface area contributed by atoms with Gasteiger partial charge in [-0.05, 0) is 44.5 Å². The highest BCUT2D eigenvalue weighted by Crippen LogP contribution is 2.49. The quantitative estimate of drug-likeness (QED) is 0.733. The average Bonchev–Trinajstić information content (AvgIpc) is 2.90. The fourth-order valence-electron chi connectivity index (χ4n) is 3.87. The minimum atomic E-state index is -3.64. The van der Waals surface area contributed by atoms with Crippen molar-refractivity contribution in [2.24, 2.45) is 0 Å². The third kappa shape index (κ3) is 3.17. The summed E-state index contributed by atoms with van der Waals surface area (Å²) in [7, 11) is 0. The van der Waals surface area contributed by atoms with Crippen LogP contribution in [-0.4, -0.2) is 35.7 Å². The highest BCUT2D eigenvalue weighted by Gasteiger charge is 2.56. The molecule has 1 unspecified atom stereocenters. The van der Waals surface area contributed by atoms with Crippen LogP contribution in [0.25, 0.3) is 0 Å². The van der Waals surface area contributed by atoms with Gasteiger partial charge in [0.2, 0.25) is 5.91 Å². The van der Waals surface area contributed by atoms with E-state index >= 15 is 0 Å². The highest BCUT2D eigenvalue weighted by atomic mass is 19.3. The largest absolute Gasteiger partial charge is 0.338 e. The molecule has 0 fully saturated rings. The lowest BCUT2D eigenvalue weighted by atomic mass is 9.78. The van der Waals surface area contributed by atoms with E-state index in [0.29, 0.717) is 16.9 Å². The van der Waals surface area contributed by atoms with Gasteiger partial charge in [-0.1, -0.05) is 36.4 Å². The number of hydrogen-bond donors (Lipinski definition) is 0. The van der Waals surface area contributed by atoms with Gasteiger partial charge in [0.05, 0.1) is 11.1 Å². The Morgan fingerprint density at radius 2 is 1.61 bits per heavy atom. The van der Waals surface area contributed by atoms with Crippen LogP contribution in [0.1, 0.15) is 32.8 Å². The standard InChI is InChI=1S/C22H24F2N2O2/c1-4-25(5-2)20(28)22(23,24)15-21(3)17-13-9-10-14-18(17)26(19(21)27)16-11-7-6-8-12-16/h6-14H,4-5,15H2,1-3H3. The van der Waals surface area contributed by atoms with E-state index in [2.05, 4.69) is 0 Å². The number of rotatable bonds is 6. The molecule has 0 spiro atoms. The number of benzene rings is 2. The van der Waals surface area contributed by atoms with Crippen molar-refractivity contribution in [3.8, 4) is 0 Å². The molecule has 2 amide bonds. The zero-order valence-corrected chi connectivity index (χ0v) is 16.3. The molecule has 3 rings (SSSR count). The van der Waals surface area contributed by atoms with E-state index in [4.69, 9.17) is 0 Å². The van der Waals surface area contributed by atoms with Gasteiger partial charge in [-0.2, -0.15) is 8.78 Å². The summed E-state index contributed by atoms with van der Waals surface area (Å²) in [4.78, 5) is 28.3. The molecule has 0 aliphatic carbocycles. The van der Waals surface area contributed by atoms with Crippen molar-refractivity contribution >= 4 is 23.2 Å². The molecule has 0 N–H and O–H groups in total. The van der Waals surface area contributed by atoms with Crippen molar-refractivity contribution in [3.63, 3.8) is 0 Å². The third-order valence-corrected chi connectivity index (χ3v) is 5.37. The Morgan fingerprint density at radius 1 is 1.04 bits per heavy atom. The van der Waals surface area contributed by atoms with Gasteiger partial charge in [-0.25, -0.2) is 0 Å². The Kier molecular flexibility index (Phi) is 5.24. The molecule has 0 radical (unpaired) electrons. The molecule has 6 heteroatoms. The van der Waals surface area contributed by atoms with E-state index in [1.54, 1.807) is 62.4 Å². The van der Waals surface area contributed by atoms with E-state index in [9.17, 15) is 18.4 Å². The maximum atomic E-state index is 15.0. The molecule has 0 saturated heterocycles. The molecular formula is C22H24F2N2O2. The van der Waals surface area contributed by atoms with Gasteiger partial charge in [0, 0.05) is 25.2 Å². The van der Waals surface area contributed by atoms with E-state index in [1.165, 1.54) is 11.8 Å². The van der Waals surface area contributed by atoms with Gasteiger partial charge in [0.25, 0.3) is 5.91 Å². The second kappa shape index (κ2) is 7.34. The predicted molar refractivity (Wildman–Crippen MR) is 105 cm³/mol. The summed E-state index contributed by atoms with van der Waals surface area (Å²) >= 11 is 0. The summed E-state index contributed by atoms with van der Waals surface area (Å²) in [5.41, 5.74) is 0.198. The zero-order chi connectivity index (χ0) is 20.5. The second-order valence-corrected chi connectivity index (χ2v) is 7.18. The maximum absolute atomic E-state index is 15.0. The molecule has 2 aromatic carbocycles. The minimum Gasteiger partial charge on any atom is -0.338 e. The van der Waals surface area contributed by atoms with E-state index in [1.807, 2.05) is 6.07 Å². The normalized spacial score (nSPS) is 18.9. The second-order valence-electron chi connectivity index (χ2n) is 7.18. The first-order valence-electron chi connectivity index (χ1n) is 9.42. The van der Waals surface area contributed by atoms with Crippen LogP contribution < -0.4 is 4.90 Å². The Hall–Kier alpha value is -2.76. The van der Waals surface area contributed by atoms with E-state index < -0.39 is 29.6 Å². The first kappa shape index (κ1) is 20.0. The fraction of sp³-hybridized carbons (Fsp3) is 0.364. The van der Waals surface area contributed by atoms with Gasteiger partial charge < -0.3 is 4.90 Å². The smallest absolute Gasteiger partial charge is 0.326 e. The summed E-state index contributed by atoms with van der Waals surface area (Å²) in [6.07, 6.45) is -0.867. The Bertz CT molecular complexity index is 881. The average molecular weight is 386 g/mol. The lowest BCUT2D eigenvalue weighted by Crippen LogP contribution is -2.49. The summed E-state index contributed by atoms with van der Waals surface area (Å²) in [6.45, 7) is 5.21. The molecular weight excluding hydrogens is 362 g/mol. The maximum Gasteiger partial charge on any atom is 0.326 e. The lowest BCUT2D eigenvalue weighted by Gasteiger charge is -2.31. The SMILES string of the molecule is CCN(CC)C(=O)C(F)(F)CC1(C)C(=O)N(c2ccccc2)c2ccccc21. The van der Waals surface area contributed by atoms with Crippen molar-refractivity contribution in [1.29, 1.82) is 0 Å². The van der Waals surface area contributed by atoms with Crippen LogP contribution >= 0.6 is 0 Å². The van der Waals surface area contributed by atoms with Gasteiger partial charge in [-0.3, -0.25) is 14.5 Å². The molecule has 1 heterocycles. The Balaban J connectivity index is 2.03. The van der Waals surface area contributed by atoms with Crippen LogP contribution in [0.2, 0.25) is 0 Å². The van der Waals surface area contributed by atoms with Crippen LogP contribution in [0.3, 0.4) is 0 Å². The Morgan fingerprint density at radius 3 is 2.21 bits per heavy atom. The van der Waals surface area contributed by atoms with Crippen LogP contribution in [0.4, 0.5) is 20.2 Å².